The fourth-order valence-corrected chi connectivity index (χ4v) is 3.12. The Morgan fingerprint density at radius 1 is 1.15 bits per heavy atom. The summed E-state index contributed by atoms with van der Waals surface area (Å²) in [4.78, 5) is 24.8. The van der Waals surface area contributed by atoms with Gasteiger partial charge in [0, 0.05) is 38.8 Å². The van der Waals surface area contributed by atoms with E-state index in [4.69, 9.17) is 4.74 Å². The molecule has 0 bridgehead atoms. The van der Waals surface area contributed by atoms with Crippen LogP contribution in [0.25, 0.3) is 0 Å². The van der Waals surface area contributed by atoms with Crippen molar-refractivity contribution >= 4 is 17.7 Å². The number of aromatic nitrogens is 2. The molecular formula is C20H27N5O2. The minimum absolute atomic E-state index is 0.237. The molecular weight excluding hydrogens is 342 g/mol. The summed E-state index contributed by atoms with van der Waals surface area (Å²) in [5.41, 5.74) is 1.30. The minimum Gasteiger partial charge on any atom is -0.450 e. The van der Waals surface area contributed by atoms with Gasteiger partial charge in [-0.15, -0.1) is 0 Å². The summed E-state index contributed by atoms with van der Waals surface area (Å²) in [7, 11) is 0. The Labute approximate surface area is 160 Å². The molecule has 0 unspecified atom stereocenters. The number of carbonyl (C=O) groups excluding carboxylic acids is 1. The summed E-state index contributed by atoms with van der Waals surface area (Å²) in [5.74, 6) is 2.47. The molecule has 1 amide bonds. The molecule has 7 nitrogen and oxygen atoms in total. The lowest BCUT2D eigenvalue weighted by Gasteiger charge is -2.34. The first-order chi connectivity index (χ1) is 13.2. The molecule has 2 aromatic rings. The molecule has 7 heteroatoms. The van der Waals surface area contributed by atoms with Crippen LogP contribution in [0.15, 0.2) is 36.4 Å². The molecule has 144 valence electrons. The average molecular weight is 369 g/mol. The van der Waals surface area contributed by atoms with Crippen molar-refractivity contribution in [2.24, 2.45) is 0 Å². The fraction of sp³-hybridized carbons (Fsp3) is 0.450. The van der Waals surface area contributed by atoms with Crippen molar-refractivity contribution in [3.63, 3.8) is 0 Å². The molecule has 0 spiro atoms. The van der Waals surface area contributed by atoms with Gasteiger partial charge in [-0.25, -0.2) is 14.8 Å². The standard InChI is InChI=1S/C20H27N5O2/c1-3-27-20(26)25-13-11-24(12-14-25)19-15-18(22-16(2)23-19)21-10-9-17-7-5-4-6-8-17/h4-8,15H,3,9-14H2,1-2H3,(H,21,22,23). The van der Waals surface area contributed by atoms with E-state index in [0.29, 0.717) is 19.7 Å². The van der Waals surface area contributed by atoms with Crippen LogP contribution in [-0.2, 0) is 11.2 Å². The number of nitrogens with one attached hydrogen (secondary N) is 1. The van der Waals surface area contributed by atoms with E-state index in [1.807, 2.05) is 26.0 Å². The number of aryl methyl sites for hydroxylation is 1. The van der Waals surface area contributed by atoms with Gasteiger partial charge in [0.05, 0.1) is 6.61 Å². The predicted molar refractivity (Wildman–Crippen MR) is 106 cm³/mol. The largest absolute Gasteiger partial charge is 0.450 e. The van der Waals surface area contributed by atoms with Gasteiger partial charge in [0.15, 0.2) is 0 Å². The number of nitrogens with zero attached hydrogens (tertiary/aromatic N) is 4. The maximum Gasteiger partial charge on any atom is 0.409 e. The number of hydrogen-bond donors (Lipinski definition) is 1. The van der Waals surface area contributed by atoms with Crippen molar-refractivity contribution in [3.8, 4) is 0 Å². The molecule has 3 rings (SSSR count). The van der Waals surface area contributed by atoms with Gasteiger partial charge in [-0.1, -0.05) is 30.3 Å². The van der Waals surface area contributed by atoms with Gasteiger partial charge < -0.3 is 19.9 Å². The van der Waals surface area contributed by atoms with Gasteiger partial charge in [0.25, 0.3) is 0 Å². The number of hydrogen-bond acceptors (Lipinski definition) is 6. The summed E-state index contributed by atoms with van der Waals surface area (Å²) in [6.45, 7) is 7.69. The smallest absolute Gasteiger partial charge is 0.409 e. The fourth-order valence-electron chi connectivity index (χ4n) is 3.12. The zero-order chi connectivity index (χ0) is 19.1. The van der Waals surface area contributed by atoms with Gasteiger partial charge in [0.1, 0.15) is 17.5 Å². The first-order valence-electron chi connectivity index (χ1n) is 9.46. The Morgan fingerprint density at radius 2 is 1.89 bits per heavy atom. The molecule has 2 heterocycles. The summed E-state index contributed by atoms with van der Waals surface area (Å²) in [6, 6.07) is 12.4. The highest BCUT2D eigenvalue weighted by molar-refractivity contribution is 5.68. The number of ether oxygens (including phenoxy) is 1. The Balaban J connectivity index is 1.56. The number of carbonyl (C=O) groups is 1. The van der Waals surface area contributed by atoms with Crippen molar-refractivity contribution < 1.29 is 9.53 Å². The second-order valence-electron chi connectivity index (χ2n) is 6.49. The third-order valence-corrected chi connectivity index (χ3v) is 4.52. The molecule has 1 aromatic heterocycles. The molecule has 0 radical (unpaired) electrons. The van der Waals surface area contributed by atoms with E-state index in [-0.39, 0.29) is 6.09 Å². The highest BCUT2D eigenvalue weighted by Crippen LogP contribution is 2.18. The zero-order valence-corrected chi connectivity index (χ0v) is 16.0. The Morgan fingerprint density at radius 3 is 2.59 bits per heavy atom. The molecule has 1 N–H and O–H groups in total. The lowest BCUT2D eigenvalue weighted by Crippen LogP contribution is -2.49. The quantitative estimate of drug-likeness (QED) is 0.844. The van der Waals surface area contributed by atoms with E-state index in [2.05, 4.69) is 44.5 Å². The lowest BCUT2D eigenvalue weighted by atomic mass is 10.1. The van der Waals surface area contributed by atoms with Gasteiger partial charge >= 0.3 is 6.09 Å². The minimum atomic E-state index is -0.237. The number of rotatable bonds is 6. The Kier molecular flexibility index (Phi) is 6.46. The molecule has 27 heavy (non-hydrogen) atoms. The Hall–Kier alpha value is -2.83. The summed E-state index contributed by atoms with van der Waals surface area (Å²) in [5, 5.41) is 3.39. The molecule has 1 aliphatic rings. The molecule has 0 atom stereocenters. The molecule has 1 aliphatic heterocycles. The maximum atomic E-state index is 11.8. The van der Waals surface area contributed by atoms with E-state index in [1.165, 1.54) is 5.56 Å². The van der Waals surface area contributed by atoms with E-state index >= 15 is 0 Å². The van der Waals surface area contributed by atoms with Crippen LogP contribution < -0.4 is 10.2 Å². The van der Waals surface area contributed by atoms with Crippen molar-refractivity contribution in [1.29, 1.82) is 0 Å². The average Bonchev–Trinajstić information content (AvgIpc) is 2.69. The van der Waals surface area contributed by atoms with Crippen LogP contribution in [0.3, 0.4) is 0 Å². The normalized spacial score (nSPS) is 14.1. The number of benzene rings is 1. The van der Waals surface area contributed by atoms with Crippen LogP contribution in [0.1, 0.15) is 18.3 Å². The molecule has 1 fully saturated rings. The van der Waals surface area contributed by atoms with Crippen LogP contribution in [-0.4, -0.2) is 60.3 Å². The van der Waals surface area contributed by atoms with Crippen LogP contribution >= 0.6 is 0 Å². The SMILES string of the molecule is CCOC(=O)N1CCN(c2cc(NCCc3ccccc3)nc(C)n2)CC1. The highest BCUT2D eigenvalue weighted by atomic mass is 16.6. The summed E-state index contributed by atoms with van der Waals surface area (Å²) < 4.78 is 5.07. The maximum absolute atomic E-state index is 11.8. The van der Waals surface area contributed by atoms with Gasteiger partial charge in [-0.3, -0.25) is 0 Å². The highest BCUT2D eigenvalue weighted by Gasteiger charge is 2.23. The van der Waals surface area contributed by atoms with Crippen LogP contribution in [0.4, 0.5) is 16.4 Å². The second-order valence-corrected chi connectivity index (χ2v) is 6.49. The van der Waals surface area contributed by atoms with Gasteiger partial charge in [0.2, 0.25) is 0 Å². The van der Waals surface area contributed by atoms with Crippen molar-refractivity contribution in [2.75, 3.05) is 49.5 Å². The number of anilines is 2. The molecule has 1 saturated heterocycles. The van der Waals surface area contributed by atoms with E-state index in [1.54, 1.807) is 4.90 Å². The van der Waals surface area contributed by atoms with Crippen molar-refractivity contribution in [3.05, 3.63) is 47.8 Å². The zero-order valence-electron chi connectivity index (χ0n) is 16.0. The Bertz CT molecular complexity index is 745. The van der Waals surface area contributed by atoms with Crippen LogP contribution in [0.2, 0.25) is 0 Å². The molecule has 0 aliphatic carbocycles. The molecule has 0 saturated carbocycles. The first kappa shape index (κ1) is 18.9. The van der Waals surface area contributed by atoms with Crippen LogP contribution in [0.5, 0.6) is 0 Å². The van der Waals surface area contributed by atoms with Crippen LogP contribution in [0, 0.1) is 6.92 Å². The van der Waals surface area contributed by atoms with E-state index in [0.717, 1.165) is 43.5 Å². The first-order valence-corrected chi connectivity index (χ1v) is 9.46. The lowest BCUT2D eigenvalue weighted by molar-refractivity contribution is 0.105. The monoisotopic (exact) mass is 369 g/mol. The summed E-state index contributed by atoms with van der Waals surface area (Å²) in [6.07, 6.45) is 0.705. The predicted octanol–water partition coefficient (Wildman–Crippen LogP) is 2.72. The second kappa shape index (κ2) is 9.21. The van der Waals surface area contributed by atoms with Gasteiger partial charge in [-0.05, 0) is 25.8 Å². The number of piperazine rings is 1. The van der Waals surface area contributed by atoms with E-state index < -0.39 is 0 Å². The number of amides is 1. The van der Waals surface area contributed by atoms with E-state index in [9.17, 15) is 4.79 Å². The summed E-state index contributed by atoms with van der Waals surface area (Å²) >= 11 is 0. The van der Waals surface area contributed by atoms with Gasteiger partial charge in [-0.2, -0.15) is 0 Å². The third-order valence-electron chi connectivity index (χ3n) is 4.52. The third kappa shape index (κ3) is 5.32. The van der Waals surface area contributed by atoms with Crippen molar-refractivity contribution in [1.82, 2.24) is 14.9 Å². The van der Waals surface area contributed by atoms with Crippen molar-refractivity contribution in [2.45, 2.75) is 20.3 Å². The topological polar surface area (TPSA) is 70.6 Å². The molecule has 1 aromatic carbocycles.